The summed E-state index contributed by atoms with van der Waals surface area (Å²) >= 11 is 0. The third-order valence-electron chi connectivity index (χ3n) is 5.21. The Hall–Kier alpha value is -2.47. The van der Waals surface area contributed by atoms with E-state index in [0.29, 0.717) is 12.5 Å². The van der Waals surface area contributed by atoms with Crippen LogP contribution in [0.5, 0.6) is 0 Å². The first-order valence-corrected chi connectivity index (χ1v) is 9.22. The fourth-order valence-corrected chi connectivity index (χ4v) is 3.92. The molecule has 5 rings (SSSR count). The minimum Gasteiger partial charge on any atom is -0.367 e. The number of aromatic nitrogens is 2. The molecule has 0 unspecified atom stereocenters. The van der Waals surface area contributed by atoms with Crippen LogP contribution in [0.25, 0.3) is 0 Å². The monoisotopic (exact) mass is 352 g/mol. The van der Waals surface area contributed by atoms with Gasteiger partial charge in [-0.1, -0.05) is 30.3 Å². The number of anilines is 1. The van der Waals surface area contributed by atoms with Gasteiger partial charge in [0.1, 0.15) is 6.61 Å². The Kier molecular flexibility index (Phi) is 5.11. The summed E-state index contributed by atoms with van der Waals surface area (Å²) in [5.74, 6) is 1.32. The number of amides is 1. The van der Waals surface area contributed by atoms with E-state index in [0.717, 1.165) is 44.0 Å². The topological polar surface area (TPSA) is 58.6 Å². The number of hydrogen-bond donors (Lipinski definition) is 0. The quantitative estimate of drug-likeness (QED) is 0.825. The number of hydrogen-bond acceptors (Lipinski definition) is 5. The van der Waals surface area contributed by atoms with Gasteiger partial charge in [-0.05, 0) is 30.4 Å². The minimum absolute atomic E-state index is 0.0893. The van der Waals surface area contributed by atoms with E-state index in [2.05, 4.69) is 14.9 Å². The van der Waals surface area contributed by atoms with Gasteiger partial charge in [-0.25, -0.2) is 9.97 Å². The normalized spacial score (nSPS) is 22.3. The van der Waals surface area contributed by atoms with Crippen molar-refractivity contribution in [3.8, 4) is 0 Å². The van der Waals surface area contributed by atoms with Crippen LogP contribution in [-0.4, -0.2) is 53.1 Å². The predicted molar refractivity (Wildman–Crippen MR) is 98.6 cm³/mol. The van der Waals surface area contributed by atoms with E-state index < -0.39 is 0 Å². The maximum Gasteiger partial charge on any atom is 0.248 e. The summed E-state index contributed by atoms with van der Waals surface area (Å²) < 4.78 is 5.67. The van der Waals surface area contributed by atoms with E-state index in [1.165, 1.54) is 0 Å². The third kappa shape index (κ3) is 3.85. The molecule has 26 heavy (non-hydrogen) atoms. The van der Waals surface area contributed by atoms with Gasteiger partial charge in [-0.15, -0.1) is 0 Å². The average Bonchev–Trinajstić information content (AvgIpc) is 3.01. The summed E-state index contributed by atoms with van der Waals surface area (Å²) in [7, 11) is 0. The first kappa shape index (κ1) is 17.0. The Bertz CT molecular complexity index is 725. The van der Waals surface area contributed by atoms with Crippen LogP contribution in [-0.2, 0) is 16.1 Å². The summed E-state index contributed by atoms with van der Waals surface area (Å²) in [5.41, 5.74) is 1.09. The molecule has 0 saturated carbocycles. The second-order valence-corrected chi connectivity index (χ2v) is 7.08. The molecule has 1 aromatic carbocycles. The van der Waals surface area contributed by atoms with Gasteiger partial charge in [-0.2, -0.15) is 0 Å². The molecular formula is C20H24N4O2. The van der Waals surface area contributed by atoms with Crippen LogP contribution in [0.15, 0.2) is 48.8 Å². The zero-order chi connectivity index (χ0) is 17.8. The van der Waals surface area contributed by atoms with Gasteiger partial charge in [0, 0.05) is 38.1 Å². The van der Waals surface area contributed by atoms with Crippen LogP contribution >= 0.6 is 0 Å². The fraction of sp³-hybridized carbons (Fsp3) is 0.450. The molecule has 3 aliphatic rings. The van der Waals surface area contributed by atoms with Crippen molar-refractivity contribution in [3.05, 3.63) is 54.4 Å². The van der Waals surface area contributed by atoms with Crippen LogP contribution in [0.3, 0.4) is 0 Å². The number of piperidine rings is 1. The molecule has 0 spiro atoms. The van der Waals surface area contributed by atoms with Gasteiger partial charge in [0.2, 0.25) is 11.9 Å². The summed E-state index contributed by atoms with van der Waals surface area (Å²) in [4.78, 5) is 25.7. The van der Waals surface area contributed by atoms with Crippen LogP contribution in [0.4, 0.5) is 5.95 Å². The SMILES string of the molecule is O=C(COCc1ccccc1)N1C[C@H]2CC[C@@H]1CN(c1ncccn1)C2. The Morgan fingerprint density at radius 2 is 1.85 bits per heavy atom. The van der Waals surface area contributed by atoms with Crippen LogP contribution in [0.1, 0.15) is 18.4 Å². The molecule has 1 amide bonds. The van der Waals surface area contributed by atoms with E-state index >= 15 is 0 Å². The highest BCUT2D eigenvalue weighted by molar-refractivity contribution is 5.78. The standard InChI is InChI=1S/C20H24N4O2/c25-19(15-26-14-16-5-2-1-3-6-16)24-12-17-7-8-18(24)13-23(11-17)20-21-9-4-10-22-20/h1-6,9-10,17-18H,7-8,11-15H2/t17-,18+/m0/s1. The van der Waals surface area contributed by atoms with Crippen molar-refractivity contribution >= 4 is 11.9 Å². The molecule has 2 atom stereocenters. The molecule has 3 saturated heterocycles. The largest absolute Gasteiger partial charge is 0.367 e. The van der Waals surface area contributed by atoms with Gasteiger partial charge >= 0.3 is 0 Å². The third-order valence-corrected chi connectivity index (χ3v) is 5.21. The number of carbonyl (C=O) groups excluding carboxylic acids is 1. The lowest BCUT2D eigenvalue weighted by Gasteiger charge is -2.36. The van der Waals surface area contributed by atoms with Gasteiger partial charge in [0.15, 0.2) is 0 Å². The summed E-state index contributed by atoms with van der Waals surface area (Å²) in [6.45, 7) is 3.13. The van der Waals surface area contributed by atoms with Crippen molar-refractivity contribution in [2.24, 2.45) is 5.92 Å². The molecule has 0 aliphatic carbocycles. The number of benzene rings is 1. The first-order chi connectivity index (χ1) is 12.8. The predicted octanol–water partition coefficient (Wildman–Crippen LogP) is 2.12. The molecule has 0 N–H and O–H groups in total. The lowest BCUT2D eigenvalue weighted by Crippen LogP contribution is -2.48. The number of ether oxygens (including phenoxy) is 1. The van der Waals surface area contributed by atoms with Crippen molar-refractivity contribution in [1.82, 2.24) is 14.9 Å². The minimum atomic E-state index is 0.0893. The maximum absolute atomic E-state index is 12.7. The lowest BCUT2D eigenvalue weighted by atomic mass is 9.95. The molecular weight excluding hydrogens is 328 g/mol. The summed E-state index contributed by atoms with van der Waals surface area (Å²) in [6.07, 6.45) is 5.74. The van der Waals surface area contributed by atoms with Crippen LogP contribution < -0.4 is 4.90 Å². The van der Waals surface area contributed by atoms with E-state index in [-0.39, 0.29) is 18.6 Å². The molecule has 1 aromatic heterocycles. The second kappa shape index (κ2) is 7.83. The smallest absolute Gasteiger partial charge is 0.248 e. The highest BCUT2D eigenvalue weighted by Gasteiger charge is 2.37. The van der Waals surface area contributed by atoms with E-state index in [1.807, 2.05) is 41.3 Å². The Balaban J connectivity index is 1.36. The number of fused-ring (bicyclic) bond motifs is 4. The second-order valence-electron chi connectivity index (χ2n) is 7.08. The zero-order valence-corrected chi connectivity index (χ0v) is 14.8. The van der Waals surface area contributed by atoms with Crippen molar-refractivity contribution in [2.45, 2.75) is 25.5 Å². The Morgan fingerprint density at radius 1 is 1.04 bits per heavy atom. The van der Waals surface area contributed by atoms with Crippen molar-refractivity contribution in [2.75, 3.05) is 31.1 Å². The van der Waals surface area contributed by atoms with E-state index in [4.69, 9.17) is 4.74 Å². The average molecular weight is 352 g/mol. The lowest BCUT2D eigenvalue weighted by molar-refractivity contribution is -0.140. The van der Waals surface area contributed by atoms with Crippen LogP contribution in [0.2, 0.25) is 0 Å². The Morgan fingerprint density at radius 3 is 2.65 bits per heavy atom. The van der Waals surface area contributed by atoms with Gasteiger partial charge < -0.3 is 14.5 Å². The molecule has 0 radical (unpaired) electrons. The first-order valence-electron chi connectivity index (χ1n) is 9.22. The molecule has 2 aromatic rings. The zero-order valence-electron chi connectivity index (χ0n) is 14.8. The molecule has 136 valence electrons. The highest BCUT2D eigenvalue weighted by atomic mass is 16.5. The van der Waals surface area contributed by atoms with E-state index in [9.17, 15) is 4.79 Å². The van der Waals surface area contributed by atoms with Gasteiger partial charge in [0.25, 0.3) is 0 Å². The molecule has 3 aliphatic heterocycles. The maximum atomic E-state index is 12.7. The Labute approximate surface area is 153 Å². The number of nitrogens with zero attached hydrogens (tertiary/aromatic N) is 4. The highest BCUT2D eigenvalue weighted by Crippen LogP contribution is 2.29. The van der Waals surface area contributed by atoms with Crippen molar-refractivity contribution < 1.29 is 9.53 Å². The van der Waals surface area contributed by atoms with Crippen molar-refractivity contribution in [3.63, 3.8) is 0 Å². The van der Waals surface area contributed by atoms with Gasteiger partial charge in [-0.3, -0.25) is 4.79 Å². The van der Waals surface area contributed by atoms with Gasteiger partial charge in [0.05, 0.1) is 6.61 Å². The molecule has 3 fully saturated rings. The molecule has 6 nitrogen and oxygen atoms in total. The molecule has 4 heterocycles. The summed E-state index contributed by atoms with van der Waals surface area (Å²) in [6, 6.07) is 12.0. The van der Waals surface area contributed by atoms with E-state index in [1.54, 1.807) is 12.4 Å². The number of carbonyl (C=O) groups is 1. The summed E-state index contributed by atoms with van der Waals surface area (Å²) in [5, 5.41) is 0. The fourth-order valence-electron chi connectivity index (χ4n) is 3.92. The molecule has 2 bridgehead atoms. The molecule has 6 heteroatoms. The van der Waals surface area contributed by atoms with Crippen LogP contribution in [0, 0.1) is 5.92 Å². The van der Waals surface area contributed by atoms with Crippen molar-refractivity contribution in [1.29, 1.82) is 0 Å². The number of rotatable bonds is 5.